The van der Waals surface area contributed by atoms with Crippen LogP contribution in [0.3, 0.4) is 0 Å². The summed E-state index contributed by atoms with van der Waals surface area (Å²) in [6.45, 7) is 2.79. The van der Waals surface area contributed by atoms with Gasteiger partial charge in [-0.2, -0.15) is 0 Å². The Labute approximate surface area is 163 Å². The van der Waals surface area contributed by atoms with Crippen LogP contribution in [-0.2, 0) is 0 Å². The number of nitrogens with one attached hydrogen (secondary N) is 1. The van der Waals surface area contributed by atoms with E-state index in [1.54, 1.807) is 6.33 Å². The van der Waals surface area contributed by atoms with Crippen molar-refractivity contribution in [3.8, 4) is 0 Å². The van der Waals surface area contributed by atoms with Crippen LogP contribution in [0.2, 0.25) is 0 Å². The van der Waals surface area contributed by atoms with E-state index < -0.39 is 5.60 Å². The van der Waals surface area contributed by atoms with Crippen LogP contribution < -0.4 is 10.9 Å². The van der Waals surface area contributed by atoms with Crippen molar-refractivity contribution in [2.24, 2.45) is 5.92 Å². The largest absolute Gasteiger partial charge is 0.390 e. The molecule has 0 amide bonds. The van der Waals surface area contributed by atoms with Crippen molar-refractivity contribution in [3.05, 3.63) is 40.9 Å². The smallest absolute Gasteiger partial charge is 0.260 e. The summed E-state index contributed by atoms with van der Waals surface area (Å²) in [6.07, 6.45) is 7.02. The van der Waals surface area contributed by atoms with Crippen LogP contribution in [0.25, 0.3) is 21.8 Å². The second kappa shape index (κ2) is 6.55. The zero-order valence-electron chi connectivity index (χ0n) is 16.2. The summed E-state index contributed by atoms with van der Waals surface area (Å²) < 4.78 is 1.86. The van der Waals surface area contributed by atoms with Crippen LogP contribution in [0, 0.1) is 5.92 Å². The van der Waals surface area contributed by atoms with Crippen molar-refractivity contribution in [2.45, 2.75) is 57.1 Å². The molecule has 1 aromatic carbocycles. The van der Waals surface area contributed by atoms with Crippen LogP contribution in [0.5, 0.6) is 0 Å². The Morgan fingerprint density at radius 2 is 1.86 bits per heavy atom. The SMILES string of the molecule is CC1(O)CCC(n2c(=O)c3ccccc3c3c(NCC4CC4)ncnc32)CC1. The number of hydrogen-bond acceptors (Lipinski definition) is 5. The van der Waals surface area contributed by atoms with Gasteiger partial charge in [0.15, 0.2) is 0 Å². The van der Waals surface area contributed by atoms with Gasteiger partial charge < -0.3 is 10.4 Å². The van der Waals surface area contributed by atoms with Gasteiger partial charge in [0.05, 0.1) is 11.0 Å². The highest BCUT2D eigenvalue weighted by molar-refractivity contribution is 6.09. The van der Waals surface area contributed by atoms with Gasteiger partial charge in [0.2, 0.25) is 0 Å². The van der Waals surface area contributed by atoms with Gasteiger partial charge in [-0.25, -0.2) is 9.97 Å². The van der Waals surface area contributed by atoms with Gasteiger partial charge in [0, 0.05) is 23.4 Å². The van der Waals surface area contributed by atoms with Crippen LogP contribution in [-0.4, -0.2) is 31.8 Å². The summed E-state index contributed by atoms with van der Waals surface area (Å²) in [5.74, 6) is 1.53. The first-order chi connectivity index (χ1) is 13.5. The molecule has 6 nitrogen and oxygen atoms in total. The summed E-state index contributed by atoms with van der Waals surface area (Å²) in [6, 6.07) is 7.80. The molecule has 0 unspecified atom stereocenters. The maximum Gasteiger partial charge on any atom is 0.260 e. The maximum absolute atomic E-state index is 13.4. The van der Waals surface area contributed by atoms with Crippen molar-refractivity contribution in [3.63, 3.8) is 0 Å². The van der Waals surface area contributed by atoms with Gasteiger partial charge in [-0.05, 0) is 57.4 Å². The molecule has 0 atom stereocenters. The lowest BCUT2D eigenvalue weighted by molar-refractivity contribution is 0.0100. The Morgan fingerprint density at radius 3 is 2.57 bits per heavy atom. The molecule has 0 spiro atoms. The van der Waals surface area contributed by atoms with E-state index >= 15 is 0 Å². The molecule has 2 fully saturated rings. The normalized spacial score (nSPS) is 25.3. The van der Waals surface area contributed by atoms with E-state index in [-0.39, 0.29) is 11.6 Å². The van der Waals surface area contributed by atoms with Crippen LogP contribution in [0.15, 0.2) is 35.4 Å². The molecule has 2 aliphatic carbocycles. The second-order valence-corrected chi connectivity index (χ2v) is 8.69. The quantitative estimate of drug-likeness (QED) is 0.678. The summed E-state index contributed by atoms with van der Waals surface area (Å²) in [5.41, 5.74) is 0.0589. The molecule has 0 saturated heterocycles. The molecule has 146 valence electrons. The molecule has 2 saturated carbocycles. The van der Waals surface area contributed by atoms with E-state index in [2.05, 4.69) is 15.3 Å². The monoisotopic (exact) mass is 378 g/mol. The lowest BCUT2D eigenvalue weighted by atomic mass is 9.83. The van der Waals surface area contributed by atoms with Gasteiger partial charge in [0.25, 0.3) is 5.56 Å². The lowest BCUT2D eigenvalue weighted by Crippen LogP contribution is -2.35. The number of benzene rings is 1. The lowest BCUT2D eigenvalue weighted by Gasteiger charge is -2.34. The fourth-order valence-corrected chi connectivity index (χ4v) is 4.44. The Hall–Kier alpha value is -2.47. The third-order valence-corrected chi connectivity index (χ3v) is 6.35. The highest BCUT2D eigenvalue weighted by Gasteiger charge is 2.31. The molecule has 2 aromatic heterocycles. The molecule has 0 aliphatic heterocycles. The number of hydrogen-bond donors (Lipinski definition) is 2. The first-order valence-electron chi connectivity index (χ1n) is 10.3. The van der Waals surface area contributed by atoms with Crippen LogP contribution in [0.1, 0.15) is 51.5 Å². The fourth-order valence-electron chi connectivity index (χ4n) is 4.44. The maximum atomic E-state index is 13.4. The minimum absolute atomic E-state index is 0.00138. The zero-order chi connectivity index (χ0) is 19.3. The molecule has 0 radical (unpaired) electrons. The molecular weight excluding hydrogens is 352 g/mol. The van der Waals surface area contributed by atoms with Gasteiger partial charge >= 0.3 is 0 Å². The first kappa shape index (κ1) is 17.6. The van der Waals surface area contributed by atoms with E-state index in [4.69, 9.17) is 0 Å². The summed E-state index contributed by atoms with van der Waals surface area (Å²) in [5, 5.41) is 16.4. The third kappa shape index (κ3) is 3.05. The number of anilines is 1. The number of fused-ring (bicyclic) bond motifs is 3. The topological polar surface area (TPSA) is 80.0 Å². The number of rotatable bonds is 4. The number of aromatic nitrogens is 3. The molecular formula is C22H26N4O2. The van der Waals surface area contributed by atoms with Crippen molar-refractivity contribution in [1.29, 1.82) is 0 Å². The van der Waals surface area contributed by atoms with Crippen molar-refractivity contribution in [1.82, 2.24) is 14.5 Å². The second-order valence-electron chi connectivity index (χ2n) is 8.69. The fraction of sp³-hybridized carbons (Fsp3) is 0.500. The molecule has 6 heteroatoms. The molecule has 3 aromatic rings. The van der Waals surface area contributed by atoms with Crippen molar-refractivity contribution in [2.75, 3.05) is 11.9 Å². The summed E-state index contributed by atoms with van der Waals surface area (Å²) in [4.78, 5) is 22.5. The average molecular weight is 378 g/mol. The molecule has 5 rings (SSSR count). The Bertz CT molecular complexity index is 1090. The zero-order valence-corrected chi connectivity index (χ0v) is 16.2. The number of nitrogens with zero attached hydrogens (tertiary/aromatic N) is 3. The van der Waals surface area contributed by atoms with Gasteiger partial charge in [0.1, 0.15) is 17.8 Å². The number of aliphatic hydroxyl groups is 1. The molecule has 2 N–H and O–H groups in total. The number of pyridine rings is 1. The predicted octanol–water partition coefficient (Wildman–Crippen LogP) is 3.63. The minimum atomic E-state index is -0.640. The van der Waals surface area contributed by atoms with E-state index in [1.165, 1.54) is 12.8 Å². The van der Waals surface area contributed by atoms with Crippen molar-refractivity contribution < 1.29 is 5.11 Å². The molecule has 2 heterocycles. The molecule has 28 heavy (non-hydrogen) atoms. The minimum Gasteiger partial charge on any atom is -0.390 e. The molecule has 0 bridgehead atoms. The van der Waals surface area contributed by atoms with E-state index in [0.717, 1.165) is 41.9 Å². The molecule has 2 aliphatic rings. The Balaban J connectivity index is 1.71. The van der Waals surface area contributed by atoms with E-state index in [0.29, 0.717) is 23.9 Å². The Kier molecular flexibility index (Phi) is 4.12. The highest BCUT2D eigenvalue weighted by Crippen LogP contribution is 2.37. The standard InChI is InChI=1S/C22H26N4O2/c1-22(28)10-8-15(9-11-22)26-20-18(16-4-2-3-5-17(16)21(26)27)19(24-13-25-20)23-12-14-6-7-14/h2-5,13-15,28H,6-12H2,1H3,(H,23,24,25). The summed E-state index contributed by atoms with van der Waals surface area (Å²) >= 11 is 0. The first-order valence-corrected chi connectivity index (χ1v) is 10.3. The summed E-state index contributed by atoms with van der Waals surface area (Å²) in [7, 11) is 0. The van der Waals surface area contributed by atoms with Crippen LogP contribution >= 0.6 is 0 Å². The van der Waals surface area contributed by atoms with Gasteiger partial charge in [-0.1, -0.05) is 18.2 Å². The predicted molar refractivity (Wildman–Crippen MR) is 111 cm³/mol. The average Bonchev–Trinajstić information content (AvgIpc) is 3.52. The van der Waals surface area contributed by atoms with E-state index in [9.17, 15) is 9.90 Å². The van der Waals surface area contributed by atoms with Gasteiger partial charge in [-0.3, -0.25) is 9.36 Å². The Morgan fingerprint density at radius 1 is 1.14 bits per heavy atom. The van der Waals surface area contributed by atoms with Crippen LogP contribution in [0.4, 0.5) is 5.82 Å². The highest BCUT2D eigenvalue weighted by atomic mass is 16.3. The van der Waals surface area contributed by atoms with Gasteiger partial charge in [-0.15, -0.1) is 0 Å². The van der Waals surface area contributed by atoms with Crippen molar-refractivity contribution >= 4 is 27.6 Å². The van der Waals surface area contributed by atoms with E-state index in [1.807, 2.05) is 35.8 Å². The third-order valence-electron chi connectivity index (χ3n) is 6.35.